The number of carboxylic acids is 1. The molecule has 0 aliphatic rings. The third-order valence-electron chi connectivity index (χ3n) is 17.9. The van der Waals surface area contributed by atoms with Crippen LogP contribution in [0.1, 0.15) is 191 Å². The number of carbonyl (C=O) groups is 14. The molecule has 0 aromatic heterocycles. The Labute approximate surface area is 672 Å². The topological polar surface area (TPSA) is 765 Å². The van der Waals surface area contributed by atoms with Gasteiger partial charge < -0.3 is 136 Å². The Bertz CT molecular complexity index is 3220. The number of unbranched alkanes of at least 4 members (excludes halogenated alkanes) is 1. The van der Waals surface area contributed by atoms with Crippen LogP contribution in [0.25, 0.3) is 0 Å². The summed E-state index contributed by atoms with van der Waals surface area (Å²) in [6.45, 7) is 16.8. The monoisotopic (exact) mass is 1630 g/mol. The number of nitrogens with one attached hydrogen (secondary N) is 22. The number of aliphatic carboxylic acids is 1. The van der Waals surface area contributed by atoms with Gasteiger partial charge in [0.25, 0.3) is 0 Å². The summed E-state index contributed by atoms with van der Waals surface area (Å²) in [5.74, 6) is -16.0. The van der Waals surface area contributed by atoms with Crippen LogP contribution in [-0.2, 0) is 67.1 Å². The first-order valence-electron chi connectivity index (χ1n) is 39.1. The molecule has 0 heterocycles. The largest absolute Gasteiger partial charge is 0.481 e. The minimum absolute atomic E-state index is 0.00101. The summed E-state index contributed by atoms with van der Waals surface area (Å²) in [4.78, 5) is 195. The molecule has 0 aromatic carbocycles. The molecule has 37 N–H and O–H groups in total. The lowest BCUT2D eigenvalue weighted by atomic mass is 9.96. The van der Waals surface area contributed by atoms with Crippen LogP contribution < -0.4 is 131 Å². The smallest absolute Gasteiger partial charge is 0.303 e. The van der Waals surface area contributed by atoms with Crippen molar-refractivity contribution >= 4 is 113 Å². The average Bonchev–Trinajstić information content (AvgIpc) is 0.861. The third kappa shape index (κ3) is 47.2. The highest BCUT2D eigenvalue weighted by Gasteiger charge is 2.37. The molecule has 0 aromatic rings. The molecule has 0 saturated carbocycles. The summed E-state index contributed by atoms with van der Waals surface area (Å²) < 4.78 is 0. The van der Waals surface area contributed by atoms with Crippen molar-refractivity contribution in [1.29, 1.82) is 27.0 Å². The van der Waals surface area contributed by atoms with Gasteiger partial charge in [-0.1, -0.05) is 68.7 Å². The number of carboxylic acid groups (broad SMARTS) is 1. The van der Waals surface area contributed by atoms with E-state index in [1.165, 1.54) is 6.92 Å². The van der Waals surface area contributed by atoms with E-state index in [4.69, 9.17) is 67.2 Å². The minimum Gasteiger partial charge on any atom is -0.481 e. The zero-order valence-corrected chi connectivity index (χ0v) is 68.3. The summed E-state index contributed by atoms with van der Waals surface area (Å²) >= 11 is 0. The number of amides is 13. The molecule has 0 fully saturated rings. The van der Waals surface area contributed by atoms with Crippen molar-refractivity contribution in [3.63, 3.8) is 0 Å². The molecule has 0 bridgehead atoms. The van der Waals surface area contributed by atoms with Gasteiger partial charge in [0.15, 0.2) is 29.8 Å². The van der Waals surface area contributed by atoms with Crippen molar-refractivity contribution in [1.82, 2.24) is 90.4 Å². The van der Waals surface area contributed by atoms with Crippen LogP contribution in [0.2, 0.25) is 0 Å². The standard InChI is InChI=1S/C71H135N29O15/c1-11-40(8)54(100-56(105)41(9)19-14-28-84-67(74)75)66(115)97-48(25-26-53(102)103)57(106)89-36-52(101)91-49(33-37(2)3)64(113)96-46(23-17-31-87-70(80)81)61(110)92-43(20-12-13-27-72)58(107)93-44(21-15-29-85-68(76)77)59(108)94-45(22-16-30-86-69(78)79)60(109)95-47(24-18-32-88-71(82)83)62(111)98-51(35-39(6)7)65(114)99-50(34-38(4)5)63(112)90-42(10)55(73)104/h37-51,54H,11-36,72H2,1-10H3,(H2,73,104)(H,89,106)(H,90,112)(H,91,101)(H,92,110)(H,93,107)(H,94,108)(H,95,109)(H,96,113)(H,97,115)(H,98,111)(H,99,114)(H,100,105)(H,102,103)(H4,74,75,84)(H4,76,77,85)(H4,78,79,86)(H4,80,81,87)(H4,82,83,88)/t40-,41-,42-,43-,44-,45-,46-,47-,48-,49-,50-,51-,54-/m0/s1. The number of carbonyl (C=O) groups excluding carboxylic acids is 13. The zero-order chi connectivity index (χ0) is 87.6. The summed E-state index contributed by atoms with van der Waals surface area (Å²) in [5.41, 5.74) is 38.9. The second-order valence-corrected chi connectivity index (χ2v) is 29.8. The highest BCUT2D eigenvalue weighted by atomic mass is 16.4. The fourth-order valence-corrected chi connectivity index (χ4v) is 11.4. The Hall–Kier alpha value is -11.1. The third-order valence-corrected chi connectivity index (χ3v) is 17.9. The van der Waals surface area contributed by atoms with Gasteiger partial charge in [0.2, 0.25) is 76.8 Å². The van der Waals surface area contributed by atoms with E-state index in [-0.39, 0.29) is 140 Å². The summed E-state index contributed by atoms with van der Waals surface area (Å²) in [6, 6.07) is -15.2. The van der Waals surface area contributed by atoms with E-state index in [0.717, 1.165) is 0 Å². The van der Waals surface area contributed by atoms with Gasteiger partial charge in [0, 0.05) is 45.1 Å². The molecule has 0 unspecified atom stereocenters. The summed E-state index contributed by atoms with van der Waals surface area (Å²) in [5, 5.41) is 92.3. The van der Waals surface area contributed by atoms with Crippen LogP contribution in [0.3, 0.4) is 0 Å². The minimum atomic E-state index is -1.55. The molecule has 654 valence electrons. The second kappa shape index (κ2) is 57.0. The highest BCUT2D eigenvalue weighted by molar-refractivity contribution is 6.00. The van der Waals surface area contributed by atoms with E-state index in [0.29, 0.717) is 32.2 Å². The number of rotatable bonds is 60. The van der Waals surface area contributed by atoms with Gasteiger partial charge in [-0.2, -0.15) is 0 Å². The first kappa shape index (κ1) is 104. The molecule has 0 saturated heterocycles. The lowest BCUT2D eigenvalue weighted by Gasteiger charge is -2.29. The molecule has 44 nitrogen and oxygen atoms in total. The molecule has 0 aliphatic heterocycles. The lowest BCUT2D eigenvalue weighted by molar-refractivity contribution is -0.138. The number of hydrogen-bond donors (Lipinski definition) is 30. The number of hydrogen-bond acceptors (Lipinski definition) is 20. The van der Waals surface area contributed by atoms with Crippen LogP contribution >= 0.6 is 0 Å². The van der Waals surface area contributed by atoms with E-state index in [1.807, 2.05) is 0 Å². The zero-order valence-electron chi connectivity index (χ0n) is 68.3. The number of nitrogens with two attached hydrogens (primary N) is 7. The average molecular weight is 1640 g/mol. The molecule has 115 heavy (non-hydrogen) atoms. The van der Waals surface area contributed by atoms with Crippen molar-refractivity contribution in [3.8, 4) is 0 Å². The lowest BCUT2D eigenvalue weighted by Crippen LogP contribution is -2.60. The van der Waals surface area contributed by atoms with E-state index >= 15 is 0 Å². The van der Waals surface area contributed by atoms with E-state index in [9.17, 15) is 72.2 Å². The van der Waals surface area contributed by atoms with Crippen molar-refractivity contribution in [3.05, 3.63) is 0 Å². The van der Waals surface area contributed by atoms with Crippen LogP contribution in [0, 0.1) is 56.6 Å². The quantitative estimate of drug-likeness (QED) is 0.0153. The van der Waals surface area contributed by atoms with Gasteiger partial charge in [-0.3, -0.25) is 94.2 Å². The van der Waals surface area contributed by atoms with Crippen LogP contribution in [0.4, 0.5) is 0 Å². The first-order chi connectivity index (χ1) is 53.9. The predicted molar refractivity (Wildman–Crippen MR) is 432 cm³/mol. The van der Waals surface area contributed by atoms with Crippen molar-refractivity contribution in [2.45, 2.75) is 258 Å². The van der Waals surface area contributed by atoms with Gasteiger partial charge in [-0.25, -0.2) is 0 Å². The normalized spacial score (nSPS) is 14.4. The van der Waals surface area contributed by atoms with Crippen molar-refractivity contribution in [2.75, 3.05) is 45.8 Å². The number of primary amides is 1. The maximum Gasteiger partial charge on any atom is 0.303 e. The van der Waals surface area contributed by atoms with Crippen LogP contribution in [-0.4, -0.2) is 230 Å². The van der Waals surface area contributed by atoms with Gasteiger partial charge >= 0.3 is 5.97 Å². The highest BCUT2D eigenvalue weighted by Crippen LogP contribution is 2.16. The van der Waals surface area contributed by atoms with E-state index in [2.05, 4.69) is 90.4 Å². The Kier molecular flexibility index (Phi) is 51.5. The fraction of sp³-hybridized carbons (Fsp3) is 0.732. The SMILES string of the molecule is CC[C@H](C)[C@H](NC(=O)[C@@H](C)CCCNC(=N)N)C(=O)N[C@@H](CCC(=O)O)C(=O)NCC(=O)N[C@@H](CC(C)C)C(=O)N[C@@H](CCCNC(=N)N)C(=O)N[C@@H](CCCCN)C(=O)N[C@@H](CCCNC(=N)N)C(=O)N[C@@H](CCCNC(=N)N)C(=O)N[C@@H](CCCNC(=N)N)C(=O)N[C@@H](CC(C)C)C(=O)N[C@@H](CC(C)C)C(=O)N[C@@H](C)C(N)=O. The molecular formula is C71H135N29O15. The first-order valence-corrected chi connectivity index (χ1v) is 39.1. The fourth-order valence-electron chi connectivity index (χ4n) is 11.4. The number of guanidine groups is 5. The Morgan fingerprint density at radius 1 is 0.322 bits per heavy atom. The molecule has 13 amide bonds. The summed E-state index contributed by atoms with van der Waals surface area (Å²) in [7, 11) is 0. The van der Waals surface area contributed by atoms with E-state index in [1.54, 1.807) is 62.3 Å². The Morgan fingerprint density at radius 2 is 0.609 bits per heavy atom. The Balaban J connectivity index is 7.52. The molecule has 44 heteroatoms. The summed E-state index contributed by atoms with van der Waals surface area (Å²) in [6.07, 6.45) is 0.238. The van der Waals surface area contributed by atoms with Gasteiger partial charge in [-0.15, -0.1) is 0 Å². The van der Waals surface area contributed by atoms with Gasteiger partial charge in [-0.05, 0) is 146 Å². The Morgan fingerprint density at radius 3 is 0.913 bits per heavy atom. The molecule has 13 atom stereocenters. The molecular weight excluding hydrogens is 1500 g/mol. The second-order valence-electron chi connectivity index (χ2n) is 29.8. The van der Waals surface area contributed by atoms with Crippen molar-refractivity contribution < 1.29 is 72.2 Å². The predicted octanol–water partition coefficient (Wildman–Crippen LogP) is -5.93. The maximum absolute atomic E-state index is 14.9. The molecule has 0 rings (SSSR count). The van der Waals surface area contributed by atoms with Gasteiger partial charge in [0.1, 0.15) is 66.5 Å². The van der Waals surface area contributed by atoms with E-state index < -0.39 is 204 Å². The molecule has 0 radical (unpaired) electrons. The molecule has 0 spiro atoms. The van der Waals surface area contributed by atoms with Crippen molar-refractivity contribution in [2.24, 2.45) is 69.7 Å². The maximum atomic E-state index is 14.9. The molecule has 0 aliphatic carbocycles. The van der Waals surface area contributed by atoms with Crippen LogP contribution in [0.15, 0.2) is 0 Å². The van der Waals surface area contributed by atoms with Crippen LogP contribution in [0.5, 0.6) is 0 Å². The van der Waals surface area contributed by atoms with Gasteiger partial charge in [0.05, 0.1) is 6.54 Å².